The molecule has 0 saturated carbocycles. The molecule has 0 amide bonds. The number of halogens is 1. The number of rotatable bonds is 4. The van der Waals surface area contributed by atoms with E-state index in [0.29, 0.717) is 12.2 Å². The van der Waals surface area contributed by atoms with Crippen molar-refractivity contribution < 1.29 is 24.1 Å². The van der Waals surface area contributed by atoms with Crippen molar-refractivity contribution >= 4 is 5.97 Å². The number of aliphatic carboxylic acids is 1. The van der Waals surface area contributed by atoms with Crippen molar-refractivity contribution in [3.63, 3.8) is 0 Å². The second kappa shape index (κ2) is 5.76. The number of aromatic hydroxyl groups is 1. The summed E-state index contributed by atoms with van der Waals surface area (Å²) in [6.45, 7) is 2.28. The smallest absolute Gasteiger partial charge is 0.310 e. The minimum absolute atomic E-state index is 0.00320. The summed E-state index contributed by atoms with van der Waals surface area (Å²) in [7, 11) is 1.75. The highest BCUT2D eigenvalue weighted by molar-refractivity contribution is 5.71. The molecule has 1 saturated heterocycles. The van der Waals surface area contributed by atoms with Crippen LogP contribution in [0.5, 0.6) is 5.75 Å². The Balaban J connectivity index is 2.21. The molecule has 1 heterocycles. The van der Waals surface area contributed by atoms with Crippen LogP contribution in [0.25, 0.3) is 0 Å². The number of carboxylic acid groups (broad SMARTS) is 1. The van der Waals surface area contributed by atoms with Crippen LogP contribution in [0.1, 0.15) is 18.5 Å². The highest BCUT2D eigenvalue weighted by Crippen LogP contribution is 2.32. The fourth-order valence-electron chi connectivity index (χ4n) is 2.55. The molecule has 1 aromatic rings. The van der Waals surface area contributed by atoms with Crippen LogP contribution in [0.15, 0.2) is 18.2 Å². The second-order valence-electron chi connectivity index (χ2n) is 5.09. The molecule has 2 N–H and O–H groups in total. The van der Waals surface area contributed by atoms with E-state index >= 15 is 0 Å². The Bertz CT molecular complexity index is 508. The normalized spacial score (nSPS) is 24.0. The van der Waals surface area contributed by atoms with Crippen molar-refractivity contribution in [2.75, 3.05) is 20.3 Å². The SMILES string of the molecule is CC(c1cc(F)ccc1O)N(C)C1COCC1C(=O)O. The van der Waals surface area contributed by atoms with Crippen LogP contribution < -0.4 is 0 Å². The number of phenolic OH excluding ortho intramolecular Hbond substituents is 1. The number of likely N-dealkylation sites (N-methyl/N-ethyl adjacent to an activating group) is 1. The van der Waals surface area contributed by atoms with E-state index in [2.05, 4.69) is 0 Å². The van der Waals surface area contributed by atoms with Crippen LogP contribution in [0.3, 0.4) is 0 Å². The number of phenols is 1. The maximum absolute atomic E-state index is 13.3. The molecule has 1 aromatic carbocycles. The molecule has 3 atom stereocenters. The molecule has 110 valence electrons. The molecule has 0 radical (unpaired) electrons. The van der Waals surface area contributed by atoms with Crippen molar-refractivity contribution in [2.45, 2.75) is 19.0 Å². The molecule has 1 fully saturated rings. The largest absolute Gasteiger partial charge is 0.508 e. The Morgan fingerprint density at radius 1 is 1.50 bits per heavy atom. The van der Waals surface area contributed by atoms with Crippen molar-refractivity contribution in [1.82, 2.24) is 4.90 Å². The van der Waals surface area contributed by atoms with Gasteiger partial charge in [0.1, 0.15) is 11.6 Å². The lowest BCUT2D eigenvalue weighted by atomic mass is 9.98. The minimum Gasteiger partial charge on any atom is -0.508 e. The van der Waals surface area contributed by atoms with Gasteiger partial charge in [0, 0.05) is 17.6 Å². The van der Waals surface area contributed by atoms with Crippen LogP contribution in [0.2, 0.25) is 0 Å². The standard InChI is InChI=1S/C14H18FNO4/c1-8(10-5-9(15)3-4-13(10)17)16(2)12-7-20-6-11(12)14(18)19/h3-5,8,11-12,17H,6-7H2,1-2H3,(H,18,19). The second-order valence-corrected chi connectivity index (χ2v) is 5.09. The Morgan fingerprint density at radius 3 is 2.85 bits per heavy atom. The van der Waals surface area contributed by atoms with E-state index in [-0.39, 0.29) is 24.4 Å². The topological polar surface area (TPSA) is 70.0 Å². The zero-order valence-corrected chi connectivity index (χ0v) is 11.4. The molecule has 1 aliphatic heterocycles. The molecule has 0 aliphatic carbocycles. The number of benzene rings is 1. The quantitative estimate of drug-likeness (QED) is 0.878. The van der Waals surface area contributed by atoms with Gasteiger partial charge in [0.05, 0.1) is 19.1 Å². The van der Waals surface area contributed by atoms with E-state index in [0.717, 1.165) is 0 Å². The lowest BCUT2D eigenvalue weighted by Crippen LogP contribution is -2.42. The van der Waals surface area contributed by atoms with E-state index in [4.69, 9.17) is 9.84 Å². The van der Waals surface area contributed by atoms with Gasteiger partial charge in [-0.2, -0.15) is 0 Å². The monoisotopic (exact) mass is 283 g/mol. The van der Waals surface area contributed by atoms with E-state index in [1.807, 2.05) is 0 Å². The summed E-state index contributed by atoms with van der Waals surface area (Å²) < 4.78 is 18.5. The first-order chi connectivity index (χ1) is 9.41. The number of hydrogen-bond acceptors (Lipinski definition) is 4. The fraction of sp³-hybridized carbons (Fsp3) is 0.500. The van der Waals surface area contributed by atoms with Gasteiger partial charge < -0.3 is 14.9 Å². The van der Waals surface area contributed by atoms with E-state index < -0.39 is 17.7 Å². The predicted molar refractivity (Wildman–Crippen MR) is 70.0 cm³/mol. The highest BCUT2D eigenvalue weighted by atomic mass is 19.1. The maximum atomic E-state index is 13.3. The minimum atomic E-state index is -0.907. The summed E-state index contributed by atoms with van der Waals surface area (Å²) in [6.07, 6.45) is 0. The summed E-state index contributed by atoms with van der Waals surface area (Å²) in [6, 6.07) is 3.13. The van der Waals surface area contributed by atoms with Crippen LogP contribution in [0.4, 0.5) is 4.39 Å². The summed E-state index contributed by atoms with van der Waals surface area (Å²) in [5, 5.41) is 19.0. The average molecular weight is 283 g/mol. The number of hydrogen-bond donors (Lipinski definition) is 2. The van der Waals surface area contributed by atoms with Crippen molar-refractivity contribution in [3.8, 4) is 5.75 Å². The van der Waals surface area contributed by atoms with Crippen LogP contribution in [-0.4, -0.2) is 47.4 Å². The summed E-state index contributed by atoms with van der Waals surface area (Å²) in [5.41, 5.74) is 0.434. The van der Waals surface area contributed by atoms with Crippen LogP contribution in [0, 0.1) is 11.7 Å². The first kappa shape index (κ1) is 14.7. The summed E-state index contributed by atoms with van der Waals surface area (Å²) in [5.74, 6) is -1.96. The first-order valence-corrected chi connectivity index (χ1v) is 6.42. The fourth-order valence-corrected chi connectivity index (χ4v) is 2.55. The first-order valence-electron chi connectivity index (χ1n) is 6.42. The molecule has 0 bridgehead atoms. The van der Waals surface area contributed by atoms with Gasteiger partial charge in [-0.25, -0.2) is 4.39 Å². The van der Waals surface area contributed by atoms with Crippen molar-refractivity contribution in [2.24, 2.45) is 5.92 Å². The maximum Gasteiger partial charge on any atom is 0.310 e. The Morgan fingerprint density at radius 2 is 2.20 bits per heavy atom. The molecule has 0 aromatic heterocycles. The molecule has 0 spiro atoms. The van der Waals surface area contributed by atoms with Gasteiger partial charge in [-0.15, -0.1) is 0 Å². The van der Waals surface area contributed by atoms with E-state index in [1.54, 1.807) is 18.9 Å². The van der Waals surface area contributed by atoms with Crippen molar-refractivity contribution in [3.05, 3.63) is 29.6 Å². The Kier molecular flexibility index (Phi) is 4.25. The third kappa shape index (κ3) is 2.76. The number of carboxylic acids is 1. The van der Waals surface area contributed by atoms with E-state index in [1.165, 1.54) is 18.2 Å². The average Bonchev–Trinajstić information content (AvgIpc) is 2.89. The van der Waals surface area contributed by atoms with Crippen LogP contribution >= 0.6 is 0 Å². The Labute approximate surface area is 116 Å². The molecule has 1 aliphatic rings. The molecule has 20 heavy (non-hydrogen) atoms. The molecule has 3 unspecified atom stereocenters. The molecule has 2 rings (SSSR count). The molecular weight excluding hydrogens is 265 g/mol. The van der Waals surface area contributed by atoms with Gasteiger partial charge in [-0.3, -0.25) is 9.69 Å². The third-order valence-electron chi connectivity index (χ3n) is 3.94. The van der Waals surface area contributed by atoms with Gasteiger partial charge in [0.15, 0.2) is 0 Å². The third-order valence-corrected chi connectivity index (χ3v) is 3.94. The number of ether oxygens (including phenoxy) is 1. The summed E-state index contributed by atoms with van der Waals surface area (Å²) >= 11 is 0. The van der Waals surface area contributed by atoms with Crippen LogP contribution in [-0.2, 0) is 9.53 Å². The Hall–Kier alpha value is -1.66. The predicted octanol–water partition coefficient (Wildman–Crippen LogP) is 1.62. The van der Waals surface area contributed by atoms with Crippen molar-refractivity contribution in [1.29, 1.82) is 0 Å². The highest BCUT2D eigenvalue weighted by Gasteiger charge is 2.38. The zero-order valence-electron chi connectivity index (χ0n) is 11.4. The lowest BCUT2D eigenvalue weighted by Gasteiger charge is -2.32. The van der Waals surface area contributed by atoms with Gasteiger partial charge in [-0.05, 0) is 32.2 Å². The molecule has 5 nitrogen and oxygen atoms in total. The van der Waals surface area contributed by atoms with Gasteiger partial charge >= 0.3 is 5.97 Å². The number of carbonyl (C=O) groups is 1. The molecular formula is C14H18FNO4. The zero-order chi connectivity index (χ0) is 14.9. The van der Waals surface area contributed by atoms with Gasteiger partial charge in [-0.1, -0.05) is 0 Å². The van der Waals surface area contributed by atoms with Gasteiger partial charge in [0.2, 0.25) is 0 Å². The lowest BCUT2D eigenvalue weighted by molar-refractivity contribution is -0.143. The summed E-state index contributed by atoms with van der Waals surface area (Å²) in [4.78, 5) is 13.0. The molecule has 6 heteroatoms. The number of nitrogens with zero attached hydrogens (tertiary/aromatic N) is 1. The van der Waals surface area contributed by atoms with Gasteiger partial charge in [0.25, 0.3) is 0 Å². The van der Waals surface area contributed by atoms with E-state index in [9.17, 15) is 14.3 Å².